The van der Waals surface area contributed by atoms with Crippen LogP contribution >= 0.6 is 0 Å². The van der Waals surface area contributed by atoms with Gasteiger partial charge in [0.1, 0.15) is 0 Å². The molecule has 1 aromatic carbocycles. The van der Waals surface area contributed by atoms with E-state index in [1.165, 1.54) is 7.11 Å². The Morgan fingerprint density at radius 1 is 1.20 bits per heavy atom. The first-order valence-corrected chi connectivity index (χ1v) is 6.93. The third-order valence-electron chi connectivity index (χ3n) is 3.75. The molecule has 1 saturated carbocycles. The van der Waals surface area contributed by atoms with Crippen LogP contribution in [0.4, 0.5) is 0 Å². The van der Waals surface area contributed by atoms with Gasteiger partial charge in [-0.25, -0.2) is 0 Å². The first-order valence-electron chi connectivity index (χ1n) is 6.93. The zero-order valence-electron chi connectivity index (χ0n) is 12.0. The van der Waals surface area contributed by atoms with Crippen molar-refractivity contribution in [2.75, 3.05) is 14.2 Å². The fourth-order valence-electron chi connectivity index (χ4n) is 2.59. The third kappa shape index (κ3) is 3.22. The van der Waals surface area contributed by atoms with Gasteiger partial charge in [0.2, 0.25) is 0 Å². The van der Waals surface area contributed by atoms with E-state index in [0.717, 1.165) is 25.7 Å². The van der Waals surface area contributed by atoms with Crippen LogP contribution < -0.4 is 20.5 Å². The molecule has 0 radical (unpaired) electrons. The summed E-state index contributed by atoms with van der Waals surface area (Å²) < 4.78 is 10.5. The molecule has 0 aliphatic heterocycles. The zero-order valence-corrected chi connectivity index (χ0v) is 12.0. The van der Waals surface area contributed by atoms with Crippen molar-refractivity contribution < 1.29 is 14.3 Å². The minimum absolute atomic E-state index is 0.124. The van der Waals surface area contributed by atoms with Crippen LogP contribution in [0, 0.1) is 0 Å². The Bertz CT molecular complexity index is 468. The highest BCUT2D eigenvalue weighted by molar-refractivity contribution is 5.98. The Hall–Kier alpha value is -1.75. The Morgan fingerprint density at radius 2 is 1.90 bits per heavy atom. The number of carbonyl (C=O) groups is 1. The van der Waals surface area contributed by atoms with Gasteiger partial charge in [-0.3, -0.25) is 4.79 Å². The van der Waals surface area contributed by atoms with Crippen molar-refractivity contribution in [3.8, 4) is 11.5 Å². The van der Waals surface area contributed by atoms with Gasteiger partial charge in [-0.05, 0) is 37.8 Å². The van der Waals surface area contributed by atoms with E-state index in [9.17, 15) is 4.79 Å². The fourth-order valence-corrected chi connectivity index (χ4v) is 2.59. The first-order chi connectivity index (χ1) is 9.65. The minimum Gasteiger partial charge on any atom is -0.493 e. The van der Waals surface area contributed by atoms with Crippen LogP contribution in [0.25, 0.3) is 0 Å². The van der Waals surface area contributed by atoms with Crippen molar-refractivity contribution in [2.45, 2.75) is 37.8 Å². The fraction of sp³-hybridized carbons (Fsp3) is 0.533. The van der Waals surface area contributed by atoms with Crippen molar-refractivity contribution in [3.63, 3.8) is 0 Å². The van der Waals surface area contributed by atoms with Gasteiger partial charge in [0.05, 0.1) is 19.8 Å². The van der Waals surface area contributed by atoms with Gasteiger partial charge in [-0.15, -0.1) is 0 Å². The molecule has 2 rings (SSSR count). The Labute approximate surface area is 119 Å². The Balaban J connectivity index is 2.09. The number of nitrogens with one attached hydrogen (secondary N) is 1. The van der Waals surface area contributed by atoms with Gasteiger partial charge in [0, 0.05) is 12.1 Å². The molecule has 0 aromatic heterocycles. The van der Waals surface area contributed by atoms with E-state index >= 15 is 0 Å². The molecule has 5 heteroatoms. The smallest absolute Gasteiger partial charge is 0.255 e. The highest BCUT2D eigenvalue weighted by atomic mass is 16.5. The van der Waals surface area contributed by atoms with Crippen LogP contribution in [0.2, 0.25) is 0 Å². The Kier molecular flexibility index (Phi) is 4.84. The second-order valence-corrected chi connectivity index (χ2v) is 5.13. The number of rotatable bonds is 4. The summed E-state index contributed by atoms with van der Waals surface area (Å²) in [5.41, 5.74) is 6.37. The minimum atomic E-state index is -0.124. The molecule has 0 atom stereocenters. The molecule has 3 N–H and O–H groups in total. The third-order valence-corrected chi connectivity index (χ3v) is 3.75. The number of ether oxygens (including phenoxy) is 2. The molecule has 0 saturated heterocycles. The van der Waals surface area contributed by atoms with Gasteiger partial charge in [0.25, 0.3) is 5.91 Å². The average molecular weight is 278 g/mol. The second kappa shape index (κ2) is 6.61. The maximum absolute atomic E-state index is 12.4. The standard InChI is InChI=1S/C15H22N2O3/c1-19-13-5-3-4-12(14(13)20-2)15(18)17-11-8-6-10(16)7-9-11/h3-5,10-11H,6-9,16H2,1-2H3,(H,17,18). The van der Waals surface area contributed by atoms with E-state index in [1.54, 1.807) is 25.3 Å². The lowest BCUT2D eigenvalue weighted by Crippen LogP contribution is -2.40. The van der Waals surface area contributed by atoms with Gasteiger partial charge < -0.3 is 20.5 Å². The molecule has 0 spiro atoms. The number of carbonyl (C=O) groups excluding carboxylic acids is 1. The molecule has 1 amide bonds. The molecule has 1 aliphatic carbocycles. The molecule has 5 nitrogen and oxygen atoms in total. The van der Waals surface area contributed by atoms with Gasteiger partial charge in [0.15, 0.2) is 11.5 Å². The monoisotopic (exact) mass is 278 g/mol. The van der Waals surface area contributed by atoms with E-state index in [0.29, 0.717) is 17.1 Å². The van der Waals surface area contributed by atoms with Gasteiger partial charge in [-0.1, -0.05) is 6.07 Å². The molecule has 20 heavy (non-hydrogen) atoms. The molecule has 1 aliphatic rings. The summed E-state index contributed by atoms with van der Waals surface area (Å²) in [4.78, 5) is 12.4. The SMILES string of the molecule is COc1cccc(C(=O)NC2CCC(N)CC2)c1OC. The highest BCUT2D eigenvalue weighted by Gasteiger charge is 2.23. The van der Waals surface area contributed by atoms with Crippen molar-refractivity contribution in [1.29, 1.82) is 0 Å². The van der Waals surface area contributed by atoms with Crippen LogP contribution in [0.15, 0.2) is 18.2 Å². The predicted octanol–water partition coefficient (Wildman–Crippen LogP) is 1.70. The first kappa shape index (κ1) is 14.7. The number of para-hydroxylation sites is 1. The lowest BCUT2D eigenvalue weighted by Gasteiger charge is -2.27. The summed E-state index contributed by atoms with van der Waals surface area (Å²) in [7, 11) is 3.09. The number of methoxy groups -OCH3 is 2. The number of hydrogen-bond donors (Lipinski definition) is 2. The van der Waals surface area contributed by atoms with Crippen molar-refractivity contribution in [1.82, 2.24) is 5.32 Å². The van der Waals surface area contributed by atoms with Crippen LogP contribution in [0.3, 0.4) is 0 Å². The number of nitrogens with two attached hydrogens (primary N) is 1. The molecular weight excluding hydrogens is 256 g/mol. The molecule has 1 aromatic rings. The topological polar surface area (TPSA) is 73.6 Å². The normalized spacial score (nSPS) is 22.1. The van der Waals surface area contributed by atoms with Crippen LogP contribution in [-0.4, -0.2) is 32.2 Å². The number of hydrogen-bond acceptors (Lipinski definition) is 4. The molecule has 110 valence electrons. The number of benzene rings is 1. The quantitative estimate of drug-likeness (QED) is 0.879. The van der Waals surface area contributed by atoms with E-state index in [-0.39, 0.29) is 18.0 Å². The van der Waals surface area contributed by atoms with Crippen LogP contribution in [0.1, 0.15) is 36.0 Å². The number of amides is 1. The van der Waals surface area contributed by atoms with E-state index < -0.39 is 0 Å². The summed E-state index contributed by atoms with van der Waals surface area (Å²) in [6.45, 7) is 0. The second-order valence-electron chi connectivity index (χ2n) is 5.13. The largest absolute Gasteiger partial charge is 0.493 e. The van der Waals surface area contributed by atoms with E-state index in [2.05, 4.69) is 5.32 Å². The maximum atomic E-state index is 12.4. The maximum Gasteiger partial charge on any atom is 0.255 e. The molecule has 0 unspecified atom stereocenters. The summed E-state index contributed by atoms with van der Waals surface area (Å²) in [5, 5.41) is 3.05. The Morgan fingerprint density at radius 3 is 2.50 bits per heavy atom. The lowest BCUT2D eigenvalue weighted by molar-refractivity contribution is 0.0922. The van der Waals surface area contributed by atoms with E-state index in [1.807, 2.05) is 0 Å². The predicted molar refractivity (Wildman–Crippen MR) is 77.2 cm³/mol. The van der Waals surface area contributed by atoms with E-state index in [4.69, 9.17) is 15.2 Å². The van der Waals surface area contributed by atoms with Crippen LogP contribution in [-0.2, 0) is 0 Å². The van der Waals surface area contributed by atoms with Gasteiger partial charge >= 0.3 is 0 Å². The van der Waals surface area contributed by atoms with Gasteiger partial charge in [-0.2, -0.15) is 0 Å². The van der Waals surface area contributed by atoms with Crippen molar-refractivity contribution >= 4 is 5.91 Å². The highest BCUT2D eigenvalue weighted by Crippen LogP contribution is 2.30. The summed E-state index contributed by atoms with van der Waals surface area (Å²) >= 11 is 0. The summed E-state index contributed by atoms with van der Waals surface area (Å²) in [5.74, 6) is 0.909. The van der Waals surface area contributed by atoms with Crippen molar-refractivity contribution in [3.05, 3.63) is 23.8 Å². The summed E-state index contributed by atoms with van der Waals surface area (Å²) in [6.07, 6.45) is 3.78. The van der Waals surface area contributed by atoms with Crippen LogP contribution in [0.5, 0.6) is 11.5 Å². The van der Waals surface area contributed by atoms with Crippen molar-refractivity contribution in [2.24, 2.45) is 5.73 Å². The molecule has 1 fully saturated rings. The average Bonchev–Trinajstić information content (AvgIpc) is 2.48. The summed E-state index contributed by atoms with van der Waals surface area (Å²) in [6, 6.07) is 5.76. The molecule has 0 heterocycles. The lowest BCUT2D eigenvalue weighted by atomic mass is 9.91. The molecule has 0 bridgehead atoms. The zero-order chi connectivity index (χ0) is 14.5. The molecular formula is C15H22N2O3.